The first-order chi connectivity index (χ1) is 11.1. The fraction of sp³-hybridized carbons (Fsp3) is 0.800. The summed E-state index contributed by atoms with van der Waals surface area (Å²) in [6.07, 6.45) is 3.46. The maximum atomic E-state index is 12.7. The van der Waals surface area contributed by atoms with Crippen molar-refractivity contribution in [3.05, 3.63) is 12.7 Å². The highest BCUT2D eigenvalue weighted by Gasteiger charge is 2.35. The lowest BCUT2D eigenvalue weighted by atomic mass is 9.93. The zero-order chi connectivity index (χ0) is 16.2. The number of rotatable bonds is 4. The van der Waals surface area contributed by atoms with Gasteiger partial charge >= 0.3 is 0 Å². The lowest BCUT2D eigenvalue weighted by Crippen LogP contribution is -2.55. The van der Waals surface area contributed by atoms with Crippen LogP contribution < -0.4 is 0 Å². The van der Waals surface area contributed by atoms with Gasteiger partial charge < -0.3 is 14.9 Å². The fourth-order valence-electron chi connectivity index (χ4n) is 3.36. The molecule has 0 saturated carbocycles. The van der Waals surface area contributed by atoms with Gasteiger partial charge in [-0.1, -0.05) is 0 Å². The van der Waals surface area contributed by atoms with Gasteiger partial charge in [0.05, 0.1) is 18.6 Å². The predicted molar refractivity (Wildman–Crippen MR) is 84.7 cm³/mol. The van der Waals surface area contributed by atoms with Gasteiger partial charge in [0.1, 0.15) is 12.7 Å². The van der Waals surface area contributed by atoms with Crippen LogP contribution in [0.1, 0.15) is 6.42 Å². The summed E-state index contributed by atoms with van der Waals surface area (Å²) in [5.74, 6) is -0.157. The molecule has 1 amide bonds. The number of aliphatic hydroxyl groups excluding tert-OH is 1. The molecule has 23 heavy (non-hydrogen) atoms. The Morgan fingerprint density at radius 2 is 2.00 bits per heavy atom. The van der Waals surface area contributed by atoms with Crippen molar-refractivity contribution in [2.75, 3.05) is 52.9 Å². The second-order valence-electron chi connectivity index (χ2n) is 6.55. The first-order valence-electron chi connectivity index (χ1n) is 8.33. The van der Waals surface area contributed by atoms with E-state index in [2.05, 4.69) is 19.9 Å². The molecule has 2 saturated heterocycles. The van der Waals surface area contributed by atoms with Crippen molar-refractivity contribution < 1.29 is 9.90 Å². The number of likely N-dealkylation sites (tertiary alicyclic amines) is 1. The molecule has 3 rings (SSSR count). The van der Waals surface area contributed by atoms with E-state index in [9.17, 15) is 9.90 Å². The highest BCUT2D eigenvalue weighted by molar-refractivity contribution is 5.80. The summed E-state index contributed by atoms with van der Waals surface area (Å²) in [5, 5.41) is 14.2. The lowest BCUT2D eigenvalue weighted by Gasteiger charge is -2.39. The summed E-state index contributed by atoms with van der Waals surface area (Å²) >= 11 is 0. The molecule has 1 N–H and O–H groups in total. The molecule has 3 heterocycles. The minimum absolute atomic E-state index is 0.111. The SMILES string of the molecule is CN1CC[C@@H](O)[C@H](C(=O)N2CCN(CCn3cncn3)CC2)C1. The first-order valence-corrected chi connectivity index (χ1v) is 8.33. The molecule has 0 aliphatic carbocycles. The minimum Gasteiger partial charge on any atom is -0.392 e. The van der Waals surface area contributed by atoms with Crippen LogP contribution in [0.5, 0.6) is 0 Å². The van der Waals surface area contributed by atoms with E-state index in [1.807, 2.05) is 16.6 Å². The van der Waals surface area contributed by atoms with Crippen LogP contribution in [0.4, 0.5) is 0 Å². The molecule has 2 atom stereocenters. The van der Waals surface area contributed by atoms with E-state index in [1.165, 1.54) is 0 Å². The number of carbonyl (C=O) groups excluding carboxylic acids is 1. The normalized spacial score (nSPS) is 27.3. The number of hydrogen-bond donors (Lipinski definition) is 1. The summed E-state index contributed by atoms with van der Waals surface area (Å²) in [6.45, 7) is 6.48. The first kappa shape index (κ1) is 16.4. The number of aliphatic hydroxyl groups is 1. The van der Waals surface area contributed by atoms with Gasteiger partial charge in [0.2, 0.25) is 5.91 Å². The van der Waals surface area contributed by atoms with Gasteiger partial charge in [-0.15, -0.1) is 0 Å². The highest BCUT2D eigenvalue weighted by atomic mass is 16.3. The van der Waals surface area contributed by atoms with Gasteiger partial charge in [-0.25, -0.2) is 4.98 Å². The average molecular weight is 322 g/mol. The largest absolute Gasteiger partial charge is 0.392 e. The molecule has 8 nitrogen and oxygen atoms in total. The summed E-state index contributed by atoms with van der Waals surface area (Å²) in [4.78, 5) is 23.0. The third kappa shape index (κ3) is 4.07. The molecule has 2 aliphatic heterocycles. The van der Waals surface area contributed by atoms with Crippen LogP contribution in [0.15, 0.2) is 12.7 Å². The molecule has 2 aliphatic rings. The van der Waals surface area contributed by atoms with Crippen LogP contribution >= 0.6 is 0 Å². The van der Waals surface area contributed by atoms with E-state index in [4.69, 9.17) is 0 Å². The molecule has 1 aromatic rings. The second kappa shape index (κ2) is 7.37. The van der Waals surface area contributed by atoms with Crippen LogP contribution in [0, 0.1) is 5.92 Å². The Balaban J connectivity index is 1.45. The van der Waals surface area contributed by atoms with E-state index < -0.39 is 6.10 Å². The van der Waals surface area contributed by atoms with E-state index >= 15 is 0 Å². The number of aromatic nitrogens is 3. The molecule has 2 fully saturated rings. The highest BCUT2D eigenvalue weighted by Crippen LogP contribution is 2.19. The van der Waals surface area contributed by atoms with Crippen molar-refractivity contribution in [2.24, 2.45) is 5.92 Å². The van der Waals surface area contributed by atoms with Gasteiger partial charge in [-0.2, -0.15) is 5.10 Å². The Bertz CT molecular complexity index is 500. The summed E-state index contributed by atoms with van der Waals surface area (Å²) in [7, 11) is 2.01. The Kier molecular flexibility index (Phi) is 5.24. The molecular formula is C15H26N6O2. The van der Waals surface area contributed by atoms with E-state index in [-0.39, 0.29) is 11.8 Å². The molecular weight excluding hydrogens is 296 g/mol. The number of piperazine rings is 1. The molecule has 8 heteroatoms. The van der Waals surface area contributed by atoms with Crippen molar-refractivity contribution in [1.29, 1.82) is 0 Å². The zero-order valence-electron chi connectivity index (χ0n) is 13.7. The van der Waals surface area contributed by atoms with Crippen LogP contribution in [0.2, 0.25) is 0 Å². The average Bonchev–Trinajstić information content (AvgIpc) is 3.08. The van der Waals surface area contributed by atoms with Crippen molar-refractivity contribution in [1.82, 2.24) is 29.5 Å². The molecule has 128 valence electrons. The maximum Gasteiger partial charge on any atom is 0.229 e. The Morgan fingerprint density at radius 3 is 2.70 bits per heavy atom. The van der Waals surface area contributed by atoms with E-state index in [0.717, 1.165) is 45.8 Å². The summed E-state index contributed by atoms with van der Waals surface area (Å²) < 4.78 is 1.83. The number of amides is 1. The minimum atomic E-state index is -0.496. The van der Waals surface area contributed by atoms with Crippen molar-refractivity contribution in [2.45, 2.75) is 19.1 Å². The predicted octanol–water partition coefficient (Wildman–Crippen LogP) is -1.27. The molecule has 0 radical (unpaired) electrons. The third-order valence-electron chi connectivity index (χ3n) is 4.89. The third-order valence-corrected chi connectivity index (χ3v) is 4.89. The van der Waals surface area contributed by atoms with Gasteiger partial charge in [0, 0.05) is 45.8 Å². The van der Waals surface area contributed by atoms with Crippen LogP contribution in [-0.2, 0) is 11.3 Å². The maximum absolute atomic E-state index is 12.7. The molecule has 0 spiro atoms. The van der Waals surface area contributed by atoms with Crippen LogP contribution in [0.25, 0.3) is 0 Å². The number of piperidine rings is 1. The smallest absolute Gasteiger partial charge is 0.229 e. The van der Waals surface area contributed by atoms with Gasteiger partial charge in [-0.3, -0.25) is 14.4 Å². The number of nitrogens with zero attached hydrogens (tertiary/aromatic N) is 6. The van der Waals surface area contributed by atoms with Gasteiger partial charge in [-0.05, 0) is 13.5 Å². The summed E-state index contributed by atoms with van der Waals surface area (Å²) in [6, 6.07) is 0. The fourth-order valence-corrected chi connectivity index (χ4v) is 3.36. The number of hydrogen-bond acceptors (Lipinski definition) is 6. The monoisotopic (exact) mass is 322 g/mol. The van der Waals surface area contributed by atoms with Crippen molar-refractivity contribution >= 4 is 5.91 Å². The van der Waals surface area contributed by atoms with Crippen LogP contribution in [-0.4, -0.2) is 99.4 Å². The quantitative estimate of drug-likeness (QED) is 0.745. The van der Waals surface area contributed by atoms with Crippen molar-refractivity contribution in [3.63, 3.8) is 0 Å². The van der Waals surface area contributed by atoms with E-state index in [1.54, 1.807) is 12.7 Å². The Morgan fingerprint density at radius 1 is 1.22 bits per heavy atom. The van der Waals surface area contributed by atoms with Gasteiger partial charge in [0.15, 0.2) is 0 Å². The van der Waals surface area contributed by atoms with Gasteiger partial charge in [0.25, 0.3) is 0 Å². The second-order valence-corrected chi connectivity index (χ2v) is 6.55. The van der Waals surface area contributed by atoms with Crippen LogP contribution in [0.3, 0.4) is 0 Å². The topological polar surface area (TPSA) is 77.7 Å². The molecule has 0 aromatic carbocycles. The van der Waals surface area contributed by atoms with Crippen molar-refractivity contribution in [3.8, 4) is 0 Å². The summed E-state index contributed by atoms with van der Waals surface area (Å²) in [5.41, 5.74) is 0. The Hall–Kier alpha value is -1.51. The molecule has 0 unspecified atom stereocenters. The lowest BCUT2D eigenvalue weighted by molar-refractivity contribution is -0.143. The molecule has 1 aromatic heterocycles. The molecule has 0 bridgehead atoms. The zero-order valence-corrected chi connectivity index (χ0v) is 13.7. The number of carbonyl (C=O) groups is 1. The van der Waals surface area contributed by atoms with E-state index in [0.29, 0.717) is 13.0 Å². The Labute approximate surface area is 136 Å². The standard InChI is InChI=1S/C15H26N6O2/c1-18-3-2-14(22)13(10-18)15(23)20-7-4-19(5-8-20)6-9-21-12-16-11-17-21/h11-14,22H,2-10H2,1H3/t13-,14-/m1/s1.